The molecule has 1 aromatic heterocycles. The fraction of sp³-hybridized carbons (Fsp3) is 0.306. The van der Waals surface area contributed by atoms with E-state index in [9.17, 15) is 0 Å². The number of hydrogen-bond acceptors (Lipinski definition) is 1. The van der Waals surface area contributed by atoms with Gasteiger partial charge in [0.2, 0.25) is 0 Å². The maximum absolute atomic E-state index is 8.41. The lowest BCUT2D eigenvalue weighted by atomic mass is 9.81. The van der Waals surface area contributed by atoms with Gasteiger partial charge in [0.05, 0.1) is 16.7 Å². The first-order valence-corrected chi connectivity index (χ1v) is 13.5. The Bertz CT molecular complexity index is 1900. The second-order valence-electron chi connectivity index (χ2n) is 11.7. The van der Waals surface area contributed by atoms with Crippen molar-refractivity contribution in [1.29, 1.82) is 0 Å². The first kappa shape index (κ1) is 18.6. The molecule has 0 fully saturated rings. The quantitative estimate of drug-likeness (QED) is 0.238. The van der Waals surface area contributed by atoms with Gasteiger partial charge in [-0.3, -0.25) is 4.57 Å². The van der Waals surface area contributed by atoms with Crippen molar-refractivity contribution in [1.82, 2.24) is 9.55 Å². The zero-order valence-electron chi connectivity index (χ0n) is 29.0. The van der Waals surface area contributed by atoms with Gasteiger partial charge in [-0.2, -0.15) is 0 Å². The standard InChI is InChI=1S/C36H38N2/c1-21(2)26-12-11-13-27(22(3)4)34(26)38-32-15-10-9-14-31(32)37-35(38)25-16-17-29-28(20-25)33-24(6)18-23(5)19-30(33)36(29,7)8/h9-22H,1-8H3/i5D3,6D3. The summed E-state index contributed by atoms with van der Waals surface area (Å²) in [6.07, 6.45) is 0. The molecule has 0 unspecified atom stereocenters. The molecule has 0 aliphatic heterocycles. The largest absolute Gasteiger partial charge is 0.292 e. The number of nitrogens with zero attached hydrogens (tertiary/aromatic N) is 2. The van der Waals surface area contributed by atoms with Gasteiger partial charge >= 0.3 is 0 Å². The molecule has 0 saturated heterocycles. The molecule has 0 saturated carbocycles. The van der Waals surface area contributed by atoms with Crippen LogP contribution in [0.4, 0.5) is 0 Å². The topological polar surface area (TPSA) is 17.8 Å². The molecule has 2 heteroatoms. The normalized spacial score (nSPS) is 16.9. The van der Waals surface area contributed by atoms with Gasteiger partial charge in [0.1, 0.15) is 5.82 Å². The van der Waals surface area contributed by atoms with Crippen LogP contribution in [0, 0.1) is 13.7 Å². The highest BCUT2D eigenvalue weighted by Gasteiger charge is 2.37. The van der Waals surface area contributed by atoms with E-state index in [0.717, 1.165) is 44.8 Å². The predicted octanol–water partition coefficient (Wildman–Crippen LogP) is 9.86. The Kier molecular flexibility index (Phi) is 4.25. The lowest BCUT2D eigenvalue weighted by molar-refractivity contribution is 0.659. The number of hydrogen-bond donors (Lipinski definition) is 0. The van der Waals surface area contributed by atoms with Crippen LogP contribution in [0.25, 0.3) is 39.2 Å². The molecule has 192 valence electrons. The second-order valence-corrected chi connectivity index (χ2v) is 11.7. The third-order valence-electron chi connectivity index (χ3n) is 8.16. The summed E-state index contributed by atoms with van der Waals surface area (Å²) in [6, 6.07) is 23.9. The van der Waals surface area contributed by atoms with Gasteiger partial charge in [-0.1, -0.05) is 102 Å². The van der Waals surface area contributed by atoms with E-state index in [0.29, 0.717) is 5.56 Å². The zero-order chi connectivity index (χ0) is 31.9. The van der Waals surface area contributed by atoms with Crippen LogP contribution >= 0.6 is 0 Å². The first-order chi connectivity index (χ1) is 20.5. The molecule has 6 rings (SSSR count). The summed E-state index contributed by atoms with van der Waals surface area (Å²) in [5.41, 5.74) is 9.00. The molecule has 5 aromatic rings. The molecule has 1 heterocycles. The van der Waals surface area contributed by atoms with Crippen LogP contribution in [0.1, 0.15) is 95.0 Å². The Morgan fingerprint density at radius 3 is 2.21 bits per heavy atom. The Balaban J connectivity index is 1.69. The summed E-state index contributed by atoms with van der Waals surface area (Å²) in [6.45, 7) is 7.99. The number of aromatic nitrogens is 2. The fourth-order valence-electron chi connectivity index (χ4n) is 6.22. The van der Waals surface area contributed by atoms with Gasteiger partial charge in [0.25, 0.3) is 0 Å². The molecule has 1 aliphatic rings. The van der Waals surface area contributed by atoms with Crippen LogP contribution in [0.5, 0.6) is 0 Å². The van der Waals surface area contributed by atoms with Crippen LogP contribution in [-0.4, -0.2) is 9.55 Å². The molecule has 0 spiro atoms. The molecule has 0 atom stereocenters. The fourth-order valence-corrected chi connectivity index (χ4v) is 6.22. The van der Waals surface area contributed by atoms with Gasteiger partial charge in [0.15, 0.2) is 0 Å². The van der Waals surface area contributed by atoms with E-state index < -0.39 is 19.1 Å². The molecule has 0 radical (unpaired) electrons. The zero-order valence-corrected chi connectivity index (χ0v) is 23.0. The summed E-state index contributed by atoms with van der Waals surface area (Å²) >= 11 is 0. The van der Waals surface area contributed by atoms with Crippen molar-refractivity contribution in [2.75, 3.05) is 0 Å². The average molecular weight is 505 g/mol. The summed E-state index contributed by atoms with van der Waals surface area (Å²) in [4.78, 5) is 5.17. The maximum atomic E-state index is 8.41. The monoisotopic (exact) mass is 504 g/mol. The van der Waals surface area contributed by atoms with E-state index in [1.807, 2.05) is 32.0 Å². The number of rotatable bonds is 4. The van der Waals surface area contributed by atoms with Gasteiger partial charge in [-0.15, -0.1) is 0 Å². The summed E-state index contributed by atoms with van der Waals surface area (Å²) in [5.74, 6) is 1.34. The lowest BCUT2D eigenvalue weighted by Gasteiger charge is -2.23. The molecule has 1 aliphatic carbocycles. The minimum atomic E-state index is -2.49. The van der Waals surface area contributed by atoms with Crippen molar-refractivity contribution < 1.29 is 8.22 Å². The number of fused-ring (bicyclic) bond motifs is 4. The highest BCUT2D eigenvalue weighted by atomic mass is 15.1. The molecule has 4 aromatic carbocycles. The molecule has 0 amide bonds. The third kappa shape index (κ3) is 3.57. The Morgan fingerprint density at radius 1 is 0.789 bits per heavy atom. The van der Waals surface area contributed by atoms with Crippen molar-refractivity contribution in [3.8, 4) is 28.2 Å². The number of imidazole rings is 1. The number of para-hydroxylation sites is 3. The Morgan fingerprint density at radius 2 is 1.53 bits per heavy atom. The van der Waals surface area contributed by atoms with E-state index in [1.54, 1.807) is 6.07 Å². The SMILES string of the molecule is [2H]C([2H])([2H])c1cc(C([2H])([2H])[2H])c2c(c1)C(C)(C)c1ccc(-c3nc4ccccc4n3-c3c(C(C)C)cccc3C(C)C)cc1-2. The van der Waals surface area contributed by atoms with Crippen LogP contribution < -0.4 is 0 Å². The highest BCUT2D eigenvalue weighted by molar-refractivity contribution is 5.89. The predicted molar refractivity (Wildman–Crippen MR) is 162 cm³/mol. The van der Waals surface area contributed by atoms with Gasteiger partial charge < -0.3 is 0 Å². The molecule has 2 nitrogen and oxygen atoms in total. The van der Waals surface area contributed by atoms with E-state index in [1.165, 1.54) is 17.2 Å². The molecular weight excluding hydrogens is 460 g/mol. The van der Waals surface area contributed by atoms with Crippen molar-refractivity contribution in [2.45, 2.75) is 72.5 Å². The van der Waals surface area contributed by atoms with E-state index in [-0.39, 0.29) is 23.0 Å². The van der Waals surface area contributed by atoms with E-state index in [4.69, 9.17) is 13.2 Å². The second kappa shape index (κ2) is 8.70. The summed E-state index contributed by atoms with van der Waals surface area (Å²) < 4.78 is 51.7. The number of benzene rings is 4. The Labute approximate surface area is 235 Å². The molecular formula is C36H38N2. The van der Waals surface area contributed by atoms with Crippen LogP contribution in [-0.2, 0) is 5.41 Å². The van der Waals surface area contributed by atoms with E-state index >= 15 is 0 Å². The number of aryl methyl sites for hydroxylation is 2. The molecule has 38 heavy (non-hydrogen) atoms. The molecule has 0 bridgehead atoms. The van der Waals surface area contributed by atoms with Crippen molar-refractivity contribution in [3.63, 3.8) is 0 Å². The van der Waals surface area contributed by atoms with Gasteiger partial charge in [-0.25, -0.2) is 4.98 Å². The summed E-state index contributed by atoms with van der Waals surface area (Å²) in [7, 11) is 0. The smallest absolute Gasteiger partial charge is 0.145 e. The highest BCUT2D eigenvalue weighted by Crippen LogP contribution is 2.51. The van der Waals surface area contributed by atoms with Crippen LogP contribution in [0.3, 0.4) is 0 Å². The van der Waals surface area contributed by atoms with Crippen molar-refractivity contribution in [3.05, 3.63) is 106 Å². The minimum Gasteiger partial charge on any atom is -0.292 e. The average Bonchev–Trinajstić information content (AvgIpc) is 3.43. The molecule has 0 N–H and O–H groups in total. The van der Waals surface area contributed by atoms with Crippen LogP contribution in [0.2, 0.25) is 0 Å². The van der Waals surface area contributed by atoms with Gasteiger partial charge in [0, 0.05) is 19.2 Å². The first-order valence-electron chi connectivity index (χ1n) is 16.5. The minimum absolute atomic E-state index is 0.0526. The van der Waals surface area contributed by atoms with Crippen molar-refractivity contribution in [2.24, 2.45) is 0 Å². The van der Waals surface area contributed by atoms with E-state index in [2.05, 4.69) is 74.7 Å². The Hall–Kier alpha value is -3.65. The summed E-state index contributed by atoms with van der Waals surface area (Å²) in [5, 5.41) is 0. The van der Waals surface area contributed by atoms with Crippen molar-refractivity contribution >= 4 is 11.0 Å². The van der Waals surface area contributed by atoms with Crippen LogP contribution in [0.15, 0.2) is 72.8 Å². The van der Waals surface area contributed by atoms with Gasteiger partial charge in [-0.05, 0) is 82.7 Å². The lowest BCUT2D eigenvalue weighted by Crippen LogP contribution is -2.15. The third-order valence-corrected chi connectivity index (χ3v) is 8.16. The maximum Gasteiger partial charge on any atom is 0.145 e.